The van der Waals surface area contributed by atoms with Crippen molar-refractivity contribution in [2.75, 3.05) is 13.1 Å². The zero-order valence-corrected chi connectivity index (χ0v) is 10.4. The van der Waals surface area contributed by atoms with E-state index in [0.717, 1.165) is 36.2 Å². The van der Waals surface area contributed by atoms with Crippen LogP contribution in [0.4, 0.5) is 0 Å². The average molecular weight is 238 g/mol. The molecule has 0 bridgehead atoms. The van der Waals surface area contributed by atoms with E-state index in [-0.39, 0.29) is 11.9 Å². The first-order valence-corrected chi connectivity index (χ1v) is 6.71. The van der Waals surface area contributed by atoms with Crippen LogP contribution in [0.3, 0.4) is 0 Å². The van der Waals surface area contributed by atoms with Gasteiger partial charge in [0.25, 0.3) is 5.91 Å². The second-order valence-corrected chi connectivity index (χ2v) is 5.20. The molecular weight excluding hydrogens is 220 g/mol. The molecular formula is C12H18N2OS. The Labute approximate surface area is 100 Å². The first-order valence-electron chi connectivity index (χ1n) is 5.83. The van der Waals surface area contributed by atoms with Gasteiger partial charge in [-0.2, -0.15) is 0 Å². The van der Waals surface area contributed by atoms with Crippen molar-refractivity contribution in [2.45, 2.75) is 32.2 Å². The molecule has 1 saturated heterocycles. The van der Waals surface area contributed by atoms with Gasteiger partial charge in [-0.1, -0.05) is 6.92 Å². The zero-order valence-electron chi connectivity index (χ0n) is 9.61. The maximum Gasteiger partial charge on any atom is 0.264 e. The fourth-order valence-electron chi connectivity index (χ4n) is 2.14. The molecule has 88 valence electrons. The van der Waals surface area contributed by atoms with Crippen molar-refractivity contribution in [3.05, 3.63) is 21.9 Å². The summed E-state index contributed by atoms with van der Waals surface area (Å²) in [6.07, 6.45) is 2.99. The normalized spacial score (nSPS) is 21.1. The summed E-state index contributed by atoms with van der Waals surface area (Å²) in [5.41, 5.74) is 7.06. The van der Waals surface area contributed by atoms with Crippen LogP contribution in [-0.4, -0.2) is 29.9 Å². The minimum absolute atomic E-state index is 0.155. The Hall–Kier alpha value is -0.870. The lowest BCUT2D eigenvalue weighted by Crippen LogP contribution is -2.45. The molecule has 1 fully saturated rings. The van der Waals surface area contributed by atoms with Crippen LogP contribution in [0.5, 0.6) is 0 Å². The lowest BCUT2D eigenvalue weighted by molar-refractivity contribution is 0.0713. The number of rotatable bonds is 2. The number of carbonyl (C=O) groups is 1. The third kappa shape index (κ3) is 2.28. The number of hydrogen-bond acceptors (Lipinski definition) is 3. The van der Waals surface area contributed by atoms with E-state index >= 15 is 0 Å². The minimum atomic E-state index is 0.155. The molecule has 0 spiro atoms. The molecule has 1 aliphatic heterocycles. The maximum atomic E-state index is 12.3. The molecule has 2 rings (SSSR count). The van der Waals surface area contributed by atoms with Crippen LogP contribution >= 0.6 is 11.3 Å². The molecule has 1 aromatic rings. The molecule has 4 heteroatoms. The summed E-state index contributed by atoms with van der Waals surface area (Å²) in [7, 11) is 0. The molecule has 2 N–H and O–H groups in total. The molecule has 0 unspecified atom stereocenters. The van der Waals surface area contributed by atoms with Gasteiger partial charge in [0.15, 0.2) is 0 Å². The van der Waals surface area contributed by atoms with Crippen LogP contribution in [-0.2, 0) is 6.42 Å². The predicted molar refractivity (Wildman–Crippen MR) is 66.8 cm³/mol. The quantitative estimate of drug-likeness (QED) is 0.855. The van der Waals surface area contributed by atoms with E-state index in [2.05, 4.69) is 6.92 Å². The summed E-state index contributed by atoms with van der Waals surface area (Å²) in [6.45, 7) is 3.65. The van der Waals surface area contributed by atoms with Gasteiger partial charge in [0, 0.05) is 19.1 Å². The third-order valence-corrected chi connectivity index (χ3v) is 4.01. The number of thiophene rings is 1. The van der Waals surface area contributed by atoms with Crippen LogP contribution in [0, 0.1) is 0 Å². The molecule has 0 radical (unpaired) electrons. The molecule has 1 aliphatic rings. The highest BCUT2D eigenvalue weighted by atomic mass is 32.1. The van der Waals surface area contributed by atoms with Crippen LogP contribution < -0.4 is 5.73 Å². The second-order valence-electron chi connectivity index (χ2n) is 4.28. The van der Waals surface area contributed by atoms with Crippen molar-refractivity contribution in [3.63, 3.8) is 0 Å². The molecule has 0 aliphatic carbocycles. The first-order chi connectivity index (χ1) is 7.72. The molecule has 1 atom stereocenters. The topological polar surface area (TPSA) is 46.3 Å². The largest absolute Gasteiger partial charge is 0.336 e. The van der Waals surface area contributed by atoms with Gasteiger partial charge in [0.1, 0.15) is 0 Å². The molecule has 3 nitrogen and oxygen atoms in total. The summed E-state index contributed by atoms with van der Waals surface area (Å²) in [5, 5.41) is 2.00. The highest BCUT2D eigenvalue weighted by Crippen LogP contribution is 2.21. The van der Waals surface area contributed by atoms with Gasteiger partial charge in [-0.05, 0) is 36.3 Å². The van der Waals surface area contributed by atoms with Gasteiger partial charge in [-0.15, -0.1) is 11.3 Å². The van der Waals surface area contributed by atoms with E-state index in [1.165, 1.54) is 0 Å². The Kier molecular flexibility index (Phi) is 3.61. The van der Waals surface area contributed by atoms with E-state index in [0.29, 0.717) is 6.54 Å². The van der Waals surface area contributed by atoms with Crippen molar-refractivity contribution in [2.24, 2.45) is 5.73 Å². The van der Waals surface area contributed by atoms with E-state index in [4.69, 9.17) is 5.73 Å². The number of aryl methyl sites for hydroxylation is 1. The third-order valence-electron chi connectivity index (χ3n) is 3.07. The van der Waals surface area contributed by atoms with Gasteiger partial charge >= 0.3 is 0 Å². The smallest absolute Gasteiger partial charge is 0.264 e. The number of nitrogens with two attached hydrogens (primary N) is 1. The second kappa shape index (κ2) is 4.97. The van der Waals surface area contributed by atoms with Crippen LogP contribution in [0.15, 0.2) is 11.4 Å². The molecule has 16 heavy (non-hydrogen) atoms. The van der Waals surface area contributed by atoms with Gasteiger partial charge in [-0.3, -0.25) is 4.79 Å². The molecule has 2 heterocycles. The van der Waals surface area contributed by atoms with Gasteiger partial charge in [0.05, 0.1) is 4.88 Å². The number of amides is 1. The Morgan fingerprint density at radius 3 is 3.19 bits per heavy atom. The fourth-order valence-corrected chi connectivity index (χ4v) is 3.10. The van der Waals surface area contributed by atoms with Crippen molar-refractivity contribution in [3.8, 4) is 0 Å². The Morgan fingerprint density at radius 1 is 1.69 bits per heavy atom. The Morgan fingerprint density at radius 2 is 2.50 bits per heavy atom. The Balaban J connectivity index is 2.12. The summed E-state index contributed by atoms with van der Waals surface area (Å²) in [4.78, 5) is 15.1. The fraction of sp³-hybridized carbons (Fsp3) is 0.583. The molecule has 0 saturated carbocycles. The maximum absolute atomic E-state index is 12.3. The van der Waals surface area contributed by atoms with Crippen LogP contribution in [0.2, 0.25) is 0 Å². The van der Waals surface area contributed by atoms with E-state index in [9.17, 15) is 4.79 Å². The molecule has 1 aromatic heterocycles. The summed E-state index contributed by atoms with van der Waals surface area (Å²) in [5.74, 6) is 0.169. The van der Waals surface area contributed by atoms with Crippen LogP contribution in [0.25, 0.3) is 0 Å². The van der Waals surface area contributed by atoms with Gasteiger partial charge in [0.2, 0.25) is 0 Å². The van der Waals surface area contributed by atoms with Gasteiger partial charge < -0.3 is 10.6 Å². The van der Waals surface area contributed by atoms with Crippen molar-refractivity contribution < 1.29 is 4.79 Å². The lowest BCUT2D eigenvalue weighted by Gasteiger charge is -2.30. The van der Waals surface area contributed by atoms with E-state index in [1.807, 2.05) is 16.3 Å². The van der Waals surface area contributed by atoms with Crippen LogP contribution in [0.1, 0.15) is 35.0 Å². The molecule has 1 amide bonds. The van der Waals surface area contributed by atoms with E-state index < -0.39 is 0 Å². The summed E-state index contributed by atoms with van der Waals surface area (Å²) in [6, 6.07) is 2.20. The average Bonchev–Trinajstić information content (AvgIpc) is 2.76. The van der Waals surface area contributed by atoms with E-state index in [1.54, 1.807) is 11.3 Å². The number of hydrogen-bond donors (Lipinski definition) is 1. The first kappa shape index (κ1) is 11.6. The highest BCUT2D eigenvalue weighted by Gasteiger charge is 2.24. The number of carbonyl (C=O) groups excluding carboxylic acids is 1. The van der Waals surface area contributed by atoms with Gasteiger partial charge in [-0.25, -0.2) is 0 Å². The molecule has 0 aromatic carbocycles. The number of piperidine rings is 1. The SMILES string of the molecule is CCc1ccsc1C(=O)N1CCC[C@@H](N)C1. The standard InChI is InChI=1S/C12H18N2OS/c1-2-9-5-7-16-11(9)12(15)14-6-3-4-10(13)8-14/h5,7,10H,2-4,6,8,13H2,1H3/t10-/m1/s1. The minimum Gasteiger partial charge on any atom is -0.336 e. The number of nitrogens with zero attached hydrogens (tertiary/aromatic N) is 1. The predicted octanol–water partition coefficient (Wildman–Crippen LogP) is 1.87. The summed E-state index contributed by atoms with van der Waals surface area (Å²) >= 11 is 1.55. The monoisotopic (exact) mass is 238 g/mol. The highest BCUT2D eigenvalue weighted by molar-refractivity contribution is 7.12. The Bertz CT molecular complexity index is 375. The lowest BCUT2D eigenvalue weighted by atomic mass is 10.1. The van der Waals surface area contributed by atoms with Crippen molar-refractivity contribution in [1.82, 2.24) is 4.90 Å². The zero-order chi connectivity index (χ0) is 11.5. The number of likely N-dealkylation sites (tertiary alicyclic amines) is 1. The van der Waals surface area contributed by atoms with Crippen molar-refractivity contribution in [1.29, 1.82) is 0 Å². The summed E-state index contributed by atoms with van der Waals surface area (Å²) < 4.78 is 0. The van der Waals surface area contributed by atoms with Crippen molar-refractivity contribution >= 4 is 17.2 Å².